The van der Waals surface area contributed by atoms with Gasteiger partial charge < -0.3 is 15.1 Å². The summed E-state index contributed by atoms with van der Waals surface area (Å²) in [5, 5.41) is 3.24. The third kappa shape index (κ3) is 2.98. The number of hydrogen-bond donors (Lipinski definition) is 1. The molecular weight excluding hydrogens is 250 g/mol. The van der Waals surface area contributed by atoms with Crippen LogP contribution in [-0.4, -0.2) is 72.4 Å². The van der Waals surface area contributed by atoms with Crippen molar-refractivity contribution in [1.29, 1.82) is 0 Å². The molecule has 0 aromatic rings. The Morgan fingerprint density at radius 2 is 2.00 bits per heavy atom. The summed E-state index contributed by atoms with van der Waals surface area (Å²) in [7, 11) is 0. The minimum Gasteiger partial charge on any atom is -0.338 e. The first kappa shape index (κ1) is 13.7. The van der Waals surface area contributed by atoms with Gasteiger partial charge in [0.2, 0.25) is 11.8 Å². The summed E-state index contributed by atoms with van der Waals surface area (Å²) in [5.41, 5.74) is 0. The highest BCUT2D eigenvalue weighted by molar-refractivity contribution is 7.99. The van der Waals surface area contributed by atoms with Crippen LogP contribution in [0.25, 0.3) is 0 Å². The second-order valence-electron chi connectivity index (χ2n) is 4.75. The van der Waals surface area contributed by atoms with Crippen molar-refractivity contribution >= 4 is 23.6 Å². The molecule has 2 saturated heterocycles. The van der Waals surface area contributed by atoms with Gasteiger partial charge in [-0.15, -0.1) is 0 Å². The van der Waals surface area contributed by atoms with Gasteiger partial charge in [0.1, 0.15) is 6.04 Å². The maximum absolute atomic E-state index is 12.4. The quantitative estimate of drug-likeness (QED) is 0.770. The lowest BCUT2D eigenvalue weighted by Gasteiger charge is -2.32. The summed E-state index contributed by atoms with van der Waals surface area (Å²) in [5.74, 6) is 0.725. The highest BCUT2D eigenvalue weighted by atomic mass is 32.2. The summed E-state index contributed by atoms with van der Waals surface area (Å²) in [6.07, 6.45) is 3.69. The Morgan fingerprint density at radius 1 is 1.28 bits per heavy atom. The fourth-order valence-electron chi connectivity index (χ4n) is 2.62. The number of thioether (sulfide) groups is 1. The number of nitrogens with zero attached hydrogens (tertiary/aromatic N) is 2. The van der Waals surface area contributed by atoms with Gasteiger partial charge in [-0.25, -0.2) is 0 Å². The number of rotatable bonds is 3. The first-order valence-corrected chi connectivity index (χ1v) is 7.91. The van der Waals surface area contributed by atoms with E-state index in [4.69, 9.17) is 0 Å². The number of amides is 2. The Hall–Kier alpha value is -0.750. The Morgan fingerprint density at radius 3 is 2.67 bits per heavy atom. The fourth-order valence-corrected chi connectivity index (χ4v) is 3.04. The molecule has 0 saturated carbocycles. The molecule has 5 nitrogen and oxygen atoms in total. The Labute approximate surface area is 112 Å². The summed E-state index contributed by atoms with van der Waals surface area (Å²) in [4.78, 5) is 28.1. The van der Waals surface area contributed by atoms with E-state index in [1.807, 2.05) is 11.2 Å². The van der Waals surface area contributed by atoms with E-state index in [1.165, 1.54) is 11.8 Å². The molecule has 1 unspecified atom stereocenters. The molecule has 2 aliphatic heterocycles. The fraction of sp³-hybridized carbons (Fsp3) is 0.833. The largest absolute Gasteiger partial charge is 0.338 e. The van der Waals surface area contributed by atoms with Crippen LogP contribution in [0.2, 0.25) is 0 Å². The van der Waals surface area contributed by atoms with Crippen LogP contribution in [0, 0.1) is 0 Å². The highest BCUT2D eigenvalue weighted by Crippen LogP contribution is 2.20. The third-order valence-electron chi connectivity index (χ3n) is 3.55. The maximum atomic E-state index is 12.4. The third-order valence-corrected chi connectivity index (χ3v) is 4.09. The van der Waals surface area contributed by atoms with Gasteiger partial charge in [-0.3, -0.25) is 9.59 Å². The summed E-state index contributed by atoms with van der Waals surface area (Å²) in [6.45, 7) is 3.98. The topological polar surface area (TPSA) is 52.7 Å². The first-order valence-electron chi connectivity index (χ1n) is 6.52. The van der Waals surface area contributed by atoms with Gasteiger partial charge in [-0.2, -0.15) is 11.8 Å². The Bertz CT molecular complexity index is 318. The second-order valence-corrected chi connectivity index (χ2v) is 5.62. The number of piperazine rings is 1. The van der Waals surface area contributed by atoms with Gasteiger partial charge in [0.25, 0.3) is 0 Å². The minimum absolute atomic E-state index is 0.105. The van der Waals surface area contributed by atoms with Gasteiger partial charge in [0.15, 0.2) is 0 Å². The van der Waals surface area contributed by atoms with E-state index in [-0.39, 0.29) is 17.9 Å². The molecule has 2 rings (SSSR count). The van der Waals surface area contributed by atoms with Crippen LogP contribution in [-0.2, 0) is 9.59 Å². The van der Waals surface area contributed by atoms with Gasteiger partial charge in [-0.1, -0.05) is 0 Å². The van der Waals surface area contributed by atoms with Crippen molar-refractivity contribution in [3.05, 3.63) is 0 Å². The zero-order valence-corrected chi connectivity index (χ0v) is 11.7. The van der Waals surface area contributed by atoms with Crippen molar-refractivity contribution in [2.24, 2.45) is 0 Å². The van der Waals surface area contributed by atoms with E-state index >= 15 is 0 Å². The molecule has 102 valence electrons. The molecule has 18 heavy (non-hydrogen) atoms. The normalized spacial score (nSPS) is 24.4. The average Bonchev–Trinajstić information content (AvgIpc) is 2.88. The molecule has 2 amide bonds. The van der Waals surface area contributed by atoms with Crippen molar-refractivity contribution < 1.29 is 9.59 Å². The highest BCUT2D eigenvalue weighted by Gasteiger charge is 2.36. The molecule has 0 aromatic carbocycles. The Kier molecular flexibility index (Phi) is 4.88. The standard InChI is InChI=1S/C12H21N3O2S/c1-18-9-11(16)15-6-2-3-10(15)12(17)14-7-4-13-5-8-14/h10,13H,2-9H2,1H3. The molecule has 2 aliphatic rings. The minimum atomic E-state index is -0.206. The molecule has 0 spiro atoms. The number of nitrogens with one attached hydrogen (secondary N) is 1. The van der Waals surface area contributed by atoms with Crippen molar-refractivity contribution in [1.82, 2.24) is 15.1 Å². The van der Waals surface area contributed by atoms with E-state index in [0.29, 0.717) is 5.75 Å². The second kappa shape index (κ2) is 6.43. The van der Waals surface area contributed by atoms with Crippen LogP contribution >= 0.6 is 11.8 Å². The van der Waals surface area contributed by atoms with E-state index < -0.39 is 0 Å². The molecule has 1 atom stereocenters. The van der Waals surface area contributed by atoms with E-state index in [0.717, 1.165) is 45.6 Å². The zero-order chi connectivity index (χ0) is 13.0. The number of likely N-dealkylation sites (tertiary alicyclic amines) is 1. The SMILES string of the molecule is CSCC(=O)N1CCCC1C(=O)N1CCNCC1. The molecule has 0 bridgehead atoms. The molecule has 2 heterocycles. The molecule has 0 radical (unpaired) electrons. The smallest absolute Gasteiger partial charge is 0.245 e. The molecule has 6 heteroatoms. The van der Waals surface area contributed by atoms with Crippen LogP contribution < -0.4 is 5.32 Å². The lowest BCUT2D eigenvalue weighted by molar-refractivity contribution is -0.143. The predicted octanol–water partition coefficient (Wildman–Crippen LogP) is -0.228. The van der Waals surface area contributed by atoms with Crippen LogP contribution in [0.4, 0.5) is 0 Å². The maximum Gasteiger partial charge on any atom is 0.245 e. The molecule has 1 N–H and O–H groups in total. The molecule has 0 aliphatic carbocycles. The predicted molar refractivity (Wildman–Crippen MR) is 72.6 cm³/mol. The van der Waals surface area contributed by atoms with Crippen LogP contribution in [0.15, 0.2) is 0 Å². The molecule has 0 aromatic heterocycles. The zero-order valence-electron chi connectivity index (χ0n) is 10.9. The van der Waals surface area contributed by atoms with Crippen LogP contribution in [0.1, 0.15) is 12.8 Å². The number of carbonyl (C=O) groups excluding carboxylic acids is 2. The lowest BCUT2D eigenvalue weighted by Crippen LogP contribution is -2.53. The van der Waals surface area contributed by atoms with Crippen molar-refractivity contribution in [2.75, 3.05) is 44.7 Å². The number of carbonyl (C=O) groups is 2. The lowest BCUT2D eigenvalue weighted by atomic mass is 10.1. The monoisotopic (exact) mass is 271 g/mol. The summed E-state index contributed by atoms with van der Waals surface area (Å²) >= 11 is 1.52. The van der Waals surface area contributed by atoms with Crippen molar-refractivity contribution in [3.8, 4) is 0 Å². The summed E-state index contributed by atoms with van der Waals surface area (Å²) < 4.78 is 0. The van der Waals surface area contributed by atoms with Gasteiger partial charge >= 0.3 is 0 Å². The van der Waals surface area contributed by atoms with E-state index in [1.54, 1.807) is 4.90 Å². The number of hydrogen-bond acceptors (Lipinski definition) is 4. The van der Waals surface area contributed by atoms with Crippen molar-refractivity contribution in [2.45, 2.75) is 18.9 Å². The van der Waals surface area contributed by atoms with Gasteiger partial charge in [0, 0.05) is 32.7 Å². The van der Waals surface area contributed by atoms with E-state index in [9.17, 15) is 9.59 Å². The van der Waals surface area contributed by atoms with Gasteiger partial charge in [0.05, 0.1) is 5.75 Å². The molecule has 2 fully saturated rings. The van der Waals surface area contributed by atoms with Gasteiger partial charge in [-0.05, 0) is 19.1 Å². The average molecular weight is 271 g/mol. The summed E-state index contributed by atoms with van der Waals surface area (Å²) in [6, 6.07) is -0.206. The Balaban J connectivity index is 1.97. The first-order chi connectivity index (χ1) is 8.74. The van der Waals surface area contributed by atoms with E-state index in [2.05, 4.69) is 5.32 Å². The van der Waals surface area contributed by atoms with Crippen LogP contribution in [0.3, 0.4) is 0 Å². The van der Waals surface area contributed by atoms with Crippen LogP contribution in [0.5, 0.6) is 0 Å². The molecular formula is C12H21N3O2S. The van der Waals surface area contributed by atoms with Crippen molar-refractivity contribution in [3.63, 3.8) is 0 Å².